The maximum absolute atomic E-state index is 12.1. The van der Waals surface area contributed by atoms with E-state index in [4.69, 9.17) is 12.2 Å². The first kappa shape index (κ1) is 14.3. The first-order chi connectivity index (χ1) is 8.92. The quantitative estimate of drug-likeness (QED) is 0.739. The SMILES string of the molecule is CN(C)C(=S)N=C1SCS(=O)(=O)N1c1ccccc1. The standard InChI is InChI=1S/C11H13N3O2S3/c1-13(2)10(17)12-11-14(19(15,16)8-18-11)9-6-4-3-5-7-9/h3-7H,8H2,1-2H3. The van der Waals surface area contributed by atoms with Crippen molar-refractivity contribution < 1.29 is 8.42 Å². The van der Waals surface area contributed by atoms with Crippen LogP contribution in [0.25, 0.3) is 0 Å². The van der Waals surface area contributed by atoms with Crippen molar-refractivity contribution >= 4 is 50.0 Å². The van der Waals surface area contributed by atoms with Crippen molar-refractivity contribution in [3.63, 3.8) is 0 Å². The maximum atomic E-state index is 12.1. The summed E-state index contributed by atoms with van der Waals surface area (Å²) in [7, 11) is 0.169. The van der Waals surface area contributed by atoms with Crippen molar-refractivity contribution in [2.45, 2.75) is 0 Å². The van der Waals surface area contributed by atoms with E-state index in [1.165, 1.54) is 16.1 Å². The van der Waals surface area contributed by atoms with Crippen LogP contribution >= 0.6 is 24.0 Å². The summed E-state index contributed by atoms with van der Waals surface area (Å²) >= 11 is 6.27. The van der Waals surface area contributed by atoms with Gasteiger partial charge in [-0.05, 0) is 24.4 Å². The second kappa shape index (κ2) is 5.48. The monoisotopic (exact) mass is 315 g/mol. The highest BCUT2D eigenvalue weighted by atomic mass is 32.3. The summed E-state index contributed by atoms with van der Waals surface area (Å²) in [5.41, 5.74) is 0.577. The molecule has 0 aromatic heterocycles. The van der Waals surface area contributed by atoms with Gasteiger partial charge in [0, 0.05) is 14.1 Å². The molecule has 0 bridgehead atoms. The van der Waals surface area contributed by atoms with E-state index in [0.717, 1.165) is 0 Å². The summed E-state index contributed by atoms with van der Waals surface area (Å²) in [6.45, 7) is 0. The lowest BCUT2D eigenvalue weighted by atomic mass is 10.3. The van der Waals surface area contributed by atoms with Crippen LogP contribution in [0.1, 0.15) is 0 Å². The van der Waals surface area contributed by atoms with Gasteiger partial charge in [-0.25, -0.2) is 12.7 Å². The summed E-state index contributed by atoms with van der Waals surface area (Å²) in [5, 5.41) is 0.724. The smallest absolute Gasteiger partial charge is 0.250 e. The Labute approximate surface area is 122 Å². The highest BCUT2D eigenvalue weighted by Gasteiger charge is 2.35. The van der Waals surface area contributed by atoms with Crippen LogP contribution in [-0.4, -0.2) is 42.8 Å². The van der Waals surface area contributed by atoms with E-state index in [-0.39, 0.29) is 5.08 Å². The van der Waals surface area contributed by atoms with Gasteiger partial charge < -0.3 is 4.90 Å². The van der Waals surface area contributed by atoms with Crippen LogP contribution in [0.15, 0.2) is 35.3 Å². The molecule has 0 atom stereocenters. The van der Waals surface area contributed by atoms with Crippen LogP contribution in [0.2, 0.25) is 0 Å². The number of rotatable bonds is 1. The Balaban J connectivity index is 2.44. The van der Waals surface area contributed by atoms with Crippen LogP contribution in [0.3, 0.4) is 0 Å². The van der Waals surface area contributed by atoms with Crippen molar-refractivity contribution in [2.24, 2.45) is 4.99 Å². The minimum Gasteiger partial charge on any atom is -0.354 e. The lowest BCUT2D eigenvalue weighted by molar-refractivity contribution is 0.602. The topological polar surface area (TPSA) is 53.0 Å². The number of amidine groups is 1. The average molecular weight is 315 g/mol. The molecule has 0 radical (unpaired) electrons. The lowest BCUT2D eigenvalue weighted by Gasteiger charge is -2.17. The Morgan fingerprint density at radius 2 is 2.00 bits per heavy atom. The number of benzene rings is 1. The normalized spacial score (nSPS) is 19.7. The highest BCUT2D eigenvalue weighted by Crippen LogP contribution is 2.31. The fourth-order valence-electron chi connectivity index (χ4n) is 1.45. The Morgan fingerprint density at radius 3 is 2.58 bits per heavy atom. The third kappa shape index (κ3) is 3.07. The van der Waals surface area contributed by atoms with Crippen molar-refractivity contribution in [1.82, 2.24) is 4.90 Å². The van der Waals surface area contributed by atoms with E-state index >= 15 is 0 Å². The van der Waals surface area contributed by atoms with E-state index in [2.05, 4.69) is 4.99 Å². The molecule has 0 spiro atoms. The number of aliphatic imine (C=N–C) groups is 1. The third-order valence-corrected chi connectivity index (χ3v) is 6.06. The number of para-hydroxylation sites is 1. The van der Waals surface area contributed by atoms with Crippen molar-refractivity contribution in [2.75, 3.05) is 23.5 Å². The molecule has 1 aliphatic rings. The summed E-state index contributed by atoms with van der Waals surface area (Å²) in [4.78, 5) is 5.88. The minimum absolute atomic E-state index is 0.0171. The molecule has 1 heterocycles. The molecule has 0 amide bonds. The van der Waals surface area contributed by atoms with Crippen molar-refractivity contribution in [1.29, 1.82) is 0 Å². The summed E-state index contributed by atoms with van der Waals surface area (Å²) < 4.78 is 25.4. The highest BCUT2D eigenvalue weighted by molar-refractivity contribution is 8.27. The molecule has 5 nitrogen and oxygen atoms in total. The maximum Gasteiger partial charge on any atom is 0.250 e. The van der Waals surface area contributed by atoms with Gasteiger partial charge >= 0.3 is 0 Å². The van der Waals surface area contributed by atoms with Gasteiger partial charge in [-0.15, -0.1) is 0 Å². The third-order valence-electron chi connectivity index (χ3n) is 2.35. The first-order valence-electron chi connectivity index (χ1n) is 5.42. The zero-order chi connectivity index (χ0) is 14.0. The first-order valence-corrected chi connectivity index (χ1v) is 8.43. The van der Waals surface area contributed by atoms with Gasteiger partial charge in [-0.2, -0.15) is 4.99 Å². The van der Waals surface area contributed by atoms with Crippen LogP contribution in [0.4, 0.5) is 5.69 Å². The molecule has 1 saturated heterocycles. The molecule has 0 unspecified atom stereocenters. The fraction of sp³-hybridized carbons (Fsp3) is 0.273. The Bertz CT molecular complexity index is 611. The number of hydrogen-bond acceptors (Lipinski definition) is 4. The molecule has 102 valence electrons. The molecule has 1 aromatic rings. The van der Waals surface area contributed by atoms with Gasteiger partial charge in [-0.1, -0.05) is 30.0 Å². The molecule has 0 aliphatic carbocycles. The van der Waals surface area contributed by atoms with Crippen LogP contribution < -0.4 is 4.31 Å². The predicted molar refractivity (Wildman–Crippen MR) is 84.0 cm³/mol. The fourth-order valence-corrected chi connectivity index (χ4v) is 4.63. The van der Waals surface area contributed by atoms with Crippen LogP contribution in [0.5, 0.6) is 0 Å². The molecular formula is C11H13N3O2S3. The number of hydrogen-bond donors (Lipinski definition) is 0. The zero-order valence-corrected chi connectivity index (χ0v) is 12.9. The van der Waals surface area contributed by atoms with E-state index in [0.29, 0.717) is 16.0 Å². The summed E-state index contributed by atoms with van der Waals surface area (Å²) in [5.74, 6) is 0. The van der Waals surface area contributed by atoms with E-state index < -0.39 is 10.0 Å². The average Bonchev–Trinajstić information content (AvgIpc) is 2.65. The Kier molecular flexibility index (Phi) is 4.12. The van der Waals surface area contributed by atoms with Gasteiger partial charge in [0.15, 0.2) is 10.3 Å². The second-order valence-electron chi connectivity index (χ2n) is 4.05. The minimum atomic E-state index is -3.37. The predicted octanol–water partition coefficient (Wildman–Crippen LogP) is 1.73. The lowest BCUT2D eigenvalue weighted by Crippen LogP contribution is -2.30. The molecule has 1 fully saturated rings. The van der Waals surface area contributed by atoms with Gasteiger partial charge in [0.1, 0.15) is 5.08 Å². The van der Waals surface area contributed by atoms with Crippen molar-refractivity contribution in [3.05, 3.63) is 30.3 Å². The van der Waals surface area contributed by atoms with Gasteiger partial charge in [0.05, 0.1) is 5.69 Å². The molecule has 1 aromatic carbocycles. The molecule has 2 rings (SSSR count). The molecule has 1 aliphatic heterocycles. The van der Waals surface area contributed by atoms with Crippen molar-refractivity contribution in [3.8, 4) is 0 Å². The number of anilines is 1. The van der Waals surface area contributed by atoms with Gasteiger partial charge in [-0.3, -0.25) is 0 Å². The van der Waals surface area contributed by atoms with E-state index in [1.54, 1.807) is 43.3 Å². The number of nitrogens with zero attached hydrogens (tertiary/aromatic N) is 3. The molecule has 19 heavy (non-hydrogen) atoms. The largest absolute Gasteiger partial charge is 0.354 e. The Morgan fingerprint density at radius 1 is 1.37 bits per heavy atom. The molecule has 0 N–H and O–H groups in total. The van der Waals surface area contributed by atoms with Crippen LogP contribution in [0, 0.1) is 0 Å². The molecule has 0 saturated carbocycles. The van der Waals surface area contributed by atoms with E-state index in [9.17, 15) is 8.42 Å². The number of thioether (sulfide) groups is 1. The Hall–Kier alpha value is -1.12. The summed E-state index contributed by atoms with van der Waals surface area (Å²) in [6.07, 6.45) is 0. The van der Waals surface area contributed by atoms with Gasteiger partial charge in [0.2, 0.25) is 0 Å². The summed E-state index contributed by atoms with van der Waals surface area (Å²) in [6, 6.07) is 8.88. The van der Waals surface area contributed by atoms with Crippen LogP contribution in [-0.2, 0) is 10.0 Å². The zero-order valence-electron chi connectivity index (χ0n) is 10.5. The molecular weight excluding hydrogens is 302 g/mol. The second-order valence-corrected chi connectivity index (χ2v) is 7.54. The van der Waals surface area contributed by atoms with Gasteiger partial charge in [0.25, 0.3) is 10.0 Å². The van der Waals surface area contributed by atoms with E-state index in [1.807, 2.05) is 6.07 Å². The number of thiocarbonyl (C=S) groups is 1. The molecule has 8 heteroatoms. The number of sulfonamides is 1.